The Hall–Kier alpha value is -0.900. The monoisotopic (exact) mass is 196 g/mol. The Morgan fingerprint density at radius 3 is 2.57 bits per heavy atom. The highest BCUT2D eigenvalue weighted by molar-refractivity contribution is 5.15. The van der Waals surface area contributed by atoms with E-state index in [0.717, 1.165) is 5.56 Å². The summed E-state index contributed by atoms with van der Waals surface area (Å²) in [6, 6.07) is 9.76. The topological polar surface area (TPSA) is 49.7 Å². The number of aliphatic hydroxyl groups is 2. The molecule has 1 aromatic carbocycles. The number of hydrogen-bond donors (Lipinski definition) is 2. The molecule has 0 aromatic heterocycles. The van der Waals surface area contributed by atoms with Crippen LogP contribution in [-0.4, -0.2) is 36.1 Å². The van der Waals surface area contributed by atoms with E-state index in [-0.39, 0.29) is 19.8 Å². The molecule has 1 aromatic rings. The highest BCUT2D eigenvalue weighted by Gasteiger charge is 2.04. The minimum Gasteiger partial charge on any atom is -0.394 e. The van der Waals surface area contributed by atoms with Crippen LogP contribution in [0.2, 0.25) is 0 Å². The normalized spacial score (nSPS) is 12.7. The van der Waals surface area contributed by atoms with Crippen LogP contribution in [0.3, 0.4) is 0 Å². The van der Waals surface area contributed by atoms with E-state index < -0.39 is 6.10 Å². The molecule has 0 fully saturated rings. The Morgan fingerprint density at radius 2 is 1.93 bits per heavy atom. The zero-order chi connectivity index (χ0) is 10.2. The lowest BCUT2D eigenvalue weighted by atomic mass is 10.1. The van der Waals surface area contributed by atoms with Crippen molar-refractivity contribution in [3.05, 3.63) is 35.9 Å². The fourth-order valence-electron chi connectivity index (χ4n) is 1.23. The third-order valence-corrected chi connectivity index (χ3v) is 1.86. The van der Waals surface area contributed by atoms with Crippen LogP contribution in [0.25, 0.3) is 0 Å². The molecule has 14 heavy (non-hydrogen) atoms. The minimum atomic E-state index is -0.496. The van der Waals surface area contributed by atoms with Gasteiger partial charge >= 0.3 is 0 Å². The molecule has 1 atom stereocenters. The summed E-state index contributed by atoms with van der Waals surface area (Å²) in [6.45, 7) is 0.555. The van der Waals surface area contributed by atoms with Crippen LogP contribution >= 0.6 is 0 Å². The van der Waals surface area contributed by atoms with Gasteiger partial charge in [0.25, 0.3) is 0 Å². The van der Waals surface area contributed by atoms with Gasteiger partial charge in [0, 0.05) is 6.42 Å². The zero-order valence-electron chi connectivity index (χ0n) is 8.10. The quantitative estimate of drug-likeness (QED) is 0.655. The van der Waals surface area contributed by atoms with Gasteiger partial charge in [-0.25, -0.2) is 0 Å². The van der Waals surface area contributed by atoms with E-state index in [1.807, 2.05) is 30.3 Å². The molecule has 0 aliphatic carbocycles. The van der Waals surface area contributed by atoms with Gasteiger partial charge in [-0.05, 0) is 5.56 Å². The van der Waals surface area contributed by atoms with Crippen molar-refractivity contribution in [2.45, 2.75) is 12.5 Å². The van der Waals surface area contributed by atoms with Crippen molar-refractivity contribution in [2.24, 2.45) is 0 Å². The lowest BCUT2D eigenvalue weighted by Crippen LogP contribution is -2.19. The molecule has 1 rings (SSSR count). The molecule has 0 saturated heterocycles. The molecule has 0 amide bonds. The molecule has 3 heteroatoms. The molecule has 0 heterocycles. The Morgan fingerprint density at radius 1 is 1.21 bits per heavy atom. The first-order chi connectivity index (χ1) is 6.83. The minimum absolute atomic E-state index is 0.00193. The molecule has 0 spiro atoms. The van der Waals surface area contributed by atoms with Crippen molar-refractivity contribution >= 4 is 0 Å². The van der Waals surface area contributed by atoms with Crippen molar-refractivity contribution < 1.29 is 14.9 Å². The Labute approximate surface area is 84.0 Å². The number of ether oxygens (including phenoxy) is 1. The Balaban J connectivity index is 2.23. The van der Waals surface area contributed by atoms with Crippen LogP contribution < -0.4 is 0 Å². The summed E-state index contributed by atoms with van der Waals surface area (Å²) in [5.74, 6) is 0. The first kappa shape index (κ1) is 11.2. The molecule has 0 bridgehead atoms. The van der Waals surface area contributed by atoms with Gasteiger partial charge < -0.3 is 14.9 Å². The van der Waals surface area contributed by atoms with Crippen LogP contribution in [0.1, 0.15) is 5.56 Å². The van der Waals surface area contributed by atoms with Crippen LogP contribution in [0.5, 0.6) is 0 Å². The van der Waals surface area contributed by atoms with Crippen molar-refractivity contribution in [3.8, 4) is 0 Å². The van der Waals surface area contributed by atoms with Crippen LogP contribution in [-0.2, 0) is 11.2 Å². The van der Waals surface area contributed by atoms with Gasteiger partial charge in [0.1, 0.15) is 0 Å². The second-order valence-corrected chi connectivity index (χ2v) is 3.14. The molecule has 2 N–H and O–H groups in total. The number of rotatable bonds is 6. The van der Waals surface area contributed by atoms with Gasteiger partial charge in [0.15, 0.2) is 0 Å². The standard InChI is InChI=1S/C11H16O3/c12-6-7-14-9-11(13)8-10-4-2-1-3-5-10/h1-5,11-13H,6-9H2. The van der Waals surface area contributed by atoms with Crippen LogP contribution in [0.15, 0.2) is 30.3 Å². The third kappa shape index (κ3) is 4.37. The number of benzene rings is 1. The van der Waals surface area contributed by atoms with Gasteiger partial charge in [0.2, 0.25) is 0 Å². The largest absolute Gasteiger partial charge is 0.394 e. The van der Waals surface area contributed by atoms with Crippen molar-refractivity contribution in [1.29, 1.82) is 0 Å². The third-order valence-electron chi connectivity index (χ3n) is 1.86. The van der Waals surface area contributed by atoms with Gasteiger partial charge in [0.05, 0.1) is 25.9 Å². The van der Waals surface area contributed by atoms with E-state index in [0.29, 0.717) is 6.42 Å². The number of hydrogen-bond acceptors (Lipinski definition) is 3. The lowest BCUT2D eigenvalue weighted by molar-refractivity contribution is 0.0218. The SMILES string of the molecule is OCCOCC(O)Cc1ccccc1. The molecule has 3 nitrogen and oxygen atoms in total. The van der Waals surface area contributed by atoms with E-state index >= 15 is 0 Å². The van der Waals surface area contributed by atoms with Gasteiger partial charge in [-0.15, -0.1) is 0 Å². The summed E-state index contributed by atoms with van der Waals surface area (Å²) in [5, 5.41) is 18.0. The summed E-state index contributed by atoms with van der Waals surface area (Å²) in [7, 11) is 0. The molecule has 0 aliphatic rings. The maximum absolute atomic E-state index is 9.52. The highest BCUT2D eigenvalue weighted by atomic mass is 16.5. The summed E-state index contributed by atoms with van der Waals surface area (Å²) < 4.78 is 5.02. The molecular formula is C11H16O3. The maximum atomic E-state index is 9.52. The van der Waals surface area contributed by atoms with Crippen LogP contribution in [0, 0.1) is 0 Å². The first-order valence-electron chi connectivity index (χ1n) is 4.73. The predicted molar refractivity (Wildman–Crippen MR) is 54.1 cm³/mol. The van der Waals surface area contributed by atoms with Gasteiger partial charge in [-0.1, -0.05) is 30.3 Å². The zero-order valence-corrected chi connectivity index (χ0v) is 8.10. The van der Waals surface area contributed by atoms with E-state index in [2.05, 4.69) is 0 Å². The second-order valence-electron chi connectivity index (χ2n) is 3.14. The lowest BCUT2D eigenvalue weighted by Gasteiger charge is -2.10. The summed E-state index contributed by atoms with van der Waals surface area (Å²) in [4.78, 5) is 0. The molecule has 78 valence electrons. The predicted octanol–water partition coefficient (Wildman–Crippen LogP) is 0.599. The van der Waals surface area contributed by atoms with Crippen LogP contribution in [0.4, 0.5) is 0 Å². The molecule has 0 aliphatic heterocycles. The first-order valence-corrected chi connectivity index (χ1v) is 4.73. The van der Waals surface area contributed by atoms with Crippen molar-refractivity contribution in [1.82, 2.24) is 0 Å². The second kappa shape index (κ2) is 6.54. The summed E-state index contributed by atoms with van der Waals surface area (Å²) in [6.07, 6.45) is 0.0932. The average molecular weight is 196 g/mol. The highest BCUT2D eigenvalue weighted by Crippen LogP contribution is 2.03. The smallest absolute Gasteiger partial charge is 0.0813 e. The average Bonchev–Trinajstić information content (AvgIpc) is 2.20. The number of aliphatic hydroxyl groups excluding tert-OH is 2. The van der Waals surface area contributed by atoms with E-state index in [1.165, 1.54) is 0 Å². The fourth-order valence-corrected chi connectivity index (χ4v) is 1.23. The molecule has 0 saturated carbocycles. The van der Waals surface area contributed by atoms with Gasteiger partial charge in [-0.3, -0.25) is 0 Å². The fraction of sp³-hybridized carbons (Fsp3) is 0.455. The Kier molecular flexibility index (Phi) is 5.22. The van der Waals surface area contributed by atoms with E-state index in [4.69, 9.17) is 9.84 Å². The van der Waals surface area contributed by atoms with Crippen molar-refractivity contribution in [2.75, 3.05) is 19.8 Å². The van der Waals surface area contributed by atoms with Crippen molar-refractivity contribution in [3.63, 3.8) is 0 Å². The molecule has 1 unspecified atom stereocenters. The Bertz CT molecular complexity index is 236. The maximum Gasteiger partial charge on any atom is 0.0813 e. The van der Waals surface area contributed by atoms with E-state index in [1.54, 1.807) is 0 Å². The summed E-state index contributed by atoms with van der Waals surface area (Å²) >= 11 is 0. The van der Waals surface area contributed by atoms with Gasteiger partial charge in [-0.2, -0.15) is 0 Å². The molecular weight excluding hydrogens is 180 g/mol. The van der Waals surface area contributed by atoms with E-state index in [9.17, 15) is 5.11 Å². The molecule has 0 radical (unpaired) electrons. The summed E-state index contributed by atoms with van der Waals surface area (Å²) in [5.41, 5.74) is 1.09.